The summed E-state index contributed by atoms with van der Waals surface area (Å²) >= 11 is 0. The number of ether oxygens (including phenoxy) is 1. The molecule has 0 spiro atoms. The summed E-state index contributed by atoms with van der Waals surface area (Å²) in [5.74, 6) is 1.68. The van der Waals surface area contributed by atoms with Crippen molar-refractivity contribution in [2.75, 3.05) is 38.2 Å². The van der Waals surface area contributed by atoms with Gasteiger partial charge in [-0.3, -0.25) is 9.89 Å². The van der Waals surface area contributed by atoms with Crippen LogP contribution in [0.5, 0.6) is 5.75 Å². The summed E-state index contributed by atoms with van der Waals surface area (Å²) in [6.45, 7) is 4.56. The molecule has 2 aliphatic heterocycles. The van der Waals surface area contributed by atoms with Gasteiger partial charge in [0.2, 0.25) is 0 Å². The summed E-state index contributed by atoms with van der Waals surface area (Å²) in [6, 6.07) is 9.18. The SMILES string of the molecule is COc1ccccc1N1CCCN(C2CCC(C3=CN=C4CC=CC=C34)CC2)CC1. The smallest absolute Gasteiger partial charge is 0.142 e. The van der Waals surface area contributed by atoms with Crippen molar-refractivity contribution in [2.24, 2.45) is 10.9 Å². The van der Waals surface area contributed by atoms with Gasteiger partial charge < -0.3 is 9.64 Å². The third-order valence-corrected chi connectivity index (χ3v) is 7.30. The van der Waals surface area contributed by atoms with Gasteiger partial charge in [-0.2, -0.15) is 0 Å². The maximum atomic E-state index is 5.60. The average Bonchev–Trinajstić information content (AvgIpc) is 3.08. The van der Waals surface area contributed by atoms with E-state index in [0.29, 0.717) is 5.92 Å². The number of nitrogens with zero attached hydrogens (tertiary/aromatic N) is 3. The second kappa shape index (κ2) is 8.81. The minimum Gasteiger partial charge on any atom is -0.495 e. The van der Waals surface area contributed by atoms with Crippen LogP contribution in [-0.4, -0.2) is 49.9 Å². The Balaban J connectivity index is 1.17. The summed E-state index contributed by atoms with van der Waals surface area (Å²) in [7, 11) is 1.77. The van der Waals surface area contributed by atoms with Gasteiger partial charge in [0.05, 0.1) is 18.5 Å². The highest BCUT2D eigenvalue weighted by Gasteiger charge is 2.32. The highest BCUT2D eigenvalue weighted by Crippen LogP contribution is 2.39. The predicted octanol–water partition coefficient (Wildman–Crippen LogP) is 4.99. The van der Waals surface area contributed by atoms with Gasteiger partial charge in [-0.25, -0.2) is 0 Å². The maximum Gasteiger partial charge on any atom is 0.142 e. The number of aliphatic imine (C=N–C) groups is 1. The molecule has 1 saturated carbocycles. The van der Waals surface area contributed by atoms with Crippen molar-refractivity contribution in [2.45, 2.75) is 44.6 Å². The first-order valence-corrected chi connectivity index (χ1v) is 11.6. The van der Waals surface area contributed by atoms with Crippen molar-refractivity contribution in [1.82, 2.24) is 4.90 Å². The van der Waals surface area contributed by atoms with E-state index in [0.717, 1.165) is 37.8 Å². The molecule has 4 nitrogen and oxygen atoms in total. The van der Waals surface area contributed by atoms with Gasteiger partial charge in [0, 0.05) is 50.4 Å². The molecule has 0 N–H and O–H groups in total. The summed E-state index contributed by atoms with van der Waals surface area (Å²) in [5, 5.41) is 0. The Bertz CT molecular complexity index is 889. The second-order valence-electron chi connectivity index (χ2n) is 8.93. The number of anilines is 1. The van der Waals surface area contributed by atoms with Crippen molar-refractivity contribution < 1.29 is 4.74 Å². The minimum absolute atomic E-state index is 0.692. The van der Waals surface area contributed by atoms with Gasteiger partial charge in [0.15, 0.2) is 0 Å². The van der Waals surface area contributed by atoms with Gasteiger partial charge in [0.1, 0.15) is 5.75 Å². The first-order valence-electron chi connectivity index (χ1n) is 11.6. The van der Waals surface area contributed by atoms with Crippen LogP contribution >= 0.6 is 0 Å². The lowest BCUT2D eigenvalue weighted by molar-refractivity contribution is 0.152. The van der Waals surface area contributed by atoms with E-state index in [9.17, 15) is 0 Å². The molecule has 1 aromatic carbocycles. The maximum absolute atomic E-state index is 5.60. The Morgan fingerprint density at radius 1 is 1.00 bits per heavy atom. The number of benzene rings is 1. The highest BCUT2D eigenvalue weighted by molar-refractivity contribution is 6.08. The fourth-order valence-electron chi connectivity index (χ4n) is 5.66. The van der Waals surface area contributed by atoms with Crippen LogP contribution in [0.25, 0.3) is 0 Å². The van der Waals surface area contributed by atoms with Crippen LogP contribution in [0.4, 0.5) is 5.69 Å². The van der Waals surface area contributed by atoms with Crippen LogP contribution in [0, 0.1) is 5.92 Å². The molecule has 30 heavy (non-hydrogen) atoms. The summed E-state index contributed by atoms with van der Waals surface area (Å²) in [5.41, 5.74) is 5.44. The van der Waals surface area contributed by atoms with Crippen LogP contribution in [0.3, 0.4) is 0 Å². The van der Waals surface area contributed by atoms with E-state index in [1.807, 2.05) is 0 Å². The third-order valence-electron chi connectivity index (χ3n) is 7.30. The molecule has 4 heteroatoms. The summed E-state index contributed by atoms with van der Waals surface area (Å²) in [4.78, 5) is 9.97. The largest absolute Gasteiger partial charge is 0.495 e. The van der Waals surface area contributed by atoms with Crippen LogP contribution in [-0.2, 0) is 0 Å². The van der Waals surface area contributed by atoms with Crippen LogP contribution in [0.2, 0.25) is 0 Å². The van der Waals surface area contributed by atoms with Gasteiger partial charge in [-0.15, -0.1) is 0 Å². The quantitative estimate of drug-likeness (QED) is 0.709. The van der Waals surface area contributed by atoms with E-state index in [-0.39, 0.29) is 0 Å². The number of rotatable bonds is 4. The van der Waals surface area contributed by atoms with E-state index < -0.39 is 0 Å². The van der Waals surface area contributed by atoms with Crippen molar-refractivity contribution in [3.05, 3.63) is 59.8 Å². The topological polar surface area (TPSA) is 28.1 Å². The third kappa shape index (κ3) is 3.85. The molecule has 0 radical (unpaired) electrons. The first-order chi connectivity index (χ1) is 14.8. The molecule has 0 atom stereocenters. The van der Waals surface area contributed by atoms with Crippen molar-refractivity contribution >= 4 is 11.4 Å². The Labute approximate surface area is 180 Å². The number of allylic oxidation sites excluding steroid dienone is 5. The highest BCUT2D eigenvalue weighted by atomic mass is 16.5. The molecular formula is C26H33N3O. The molecule has 2 fully saturated rings. The Hall–Kier alpha value is -2.33. The van der Waals surface area contributed by atoms with E-state index in [2.05, 4.69) is 58.5 Å². The molecule has 0 aromatic heterocycles. The Morgan fingerprint density at radius 3 is 2.73 bits per heavy atom. The lowest BCUT2D eigenvalue weighted by Crippen LogP contribution is -2.40. The Kier molecular flexibility index (Phi) is 5.76. The monoisotopic (exact) mass is 403 g/mol. The van der Waals surface area contributed by atoms with Crippen molar-refractivity contribution in [3.8, 4) is 5.75 Å². The summed E-state index contributed by atoms with van der Waals surface area (Å²) < 4.78 is 5.60. The number of hydrogen-bond donors (Lipinski definition) is 0. The standard InChI is InChI=1S/C26H33N3O/c1-30-26-10-5-4-9-25(26)29-16-6-15-28(17-18-29)21-13-11-20(12-14-21)23-19-27-24-8-3-2-7-22(23)24/h2-5,7,9-10,19-21H,6,8,11-18H2,1H3. The molecule has 2 aliphatic carbocycles. The molecule has 158 valence electrons. The fraction of sp³-hybridized carbons (Fsp3) is 0.500. The Morgan fingerprint density at radius 2 is 1.87 bits per heavy atom. The molecule has 2 heterocycles. The van der Waals surface area contributed by atoms with Gasteiger partial charge in [-0.1, -0.05) is 30.4 Å². The number of methoxy groups -OCH3 is 1. The number of hydrogen-bond acceptors (Lipinski definition) is 4. The van der Waals surface area contributed by atoms with Gasteiger partial charge >= 0.3 is 0 Å². The molecule has 0 unspecified atom stereocenters. The molecule has 4 aliphatic rings. The molecule has 1 saturated heterocycles. The van der Waals surface area contributed by atoms with Gasteiger partial charge in [0.25, 0.3) is 0 Å². The van der Waals surface area contributed by atoms with Crippen LogP contribution < -0.4 is 9.64 Å². The zero-order valence-electron chi connectivity index (χ0n) is 18.1. The lowest BCUT2D eigenvalue weighted by atomic mass is 9.78. The fourth-order valence-corrected chi connectivity index (χ4v) is 5.66. The normalized spacial score (nSPS) is 27.1. The van der Waals surface area contributed by atoms with Crippen molar-refractivity contribution in [1.29, 1.82) is 0 Å². The van der Waals surface area contributed by atoms with Gasteiger partial charge in [-0.05, 0) is 55.7 Å². The van der Waals surface area contributed by atoms with Crippen molar-refractivity contribution in [3.63, 3.8) is 0 Å². The molecular weight excluding hydrogens is 370 g/mol. The minimum atomic E-state index is 0.692. The molecule has 1 aromatic rings. The second-order valence-corrected chi connectivity index (χ2v) is 8.93. The first kappa shape index (κ1) is 19.6. The predicted molar refractivity (Wildman–Crippen MR) is 125 cm³/mol. The number of para-hydroxylation sites is 2. The van der Waals surface area contributed by atoms with E-state index in [1.54, 1.807) is 7.11 Å². The number of fused-ring (bicyclic) bond motifs is 1. The van der Waals surface area contributed by atoms with Crippen LogP contribution in [0.15, 0.2) is 64.8 Å². The van der Waals surface area contributed by atoms with E-state index >= 15 is 0 Å². The molecule has 5 rings (SSSR count). The molecule has 0 amide bonds. The van der Waals surface area contributed by atoms with Crippen LogP contribution in [0.1, 0.15) is 38.5 Å². The zero-order valence-corrected chi connectivity index (χ0v) is 18.1. The summed E-state index contributed by atoms with van der Waals surface area (Å²) in [6.07, 6.45) is 16.3. The lowest BCUT2D eigenvalue weighted by Gasteiger charge is -2.37. The zero-order chi connectivity index (χ0) is 20.3. The van der Waals surface area contributed by atoms with E-state index in [1.165, 1.54) is 61.2 Å². The molecule has 0 bridgehead atoms. The van der Waals surface area contributed by atoms with E-state index in [4.69, 9.17) is 9.73 Å². The average molecular weight is 404 g/mol.